The van der Waals surface area contributed by atoms with Gasteiger partial charge in [-0.1, -0.05) is 39.3 Å². The van der Waals surface area contributed by atoms with E-state index in [1.54, 1.807) is 0 Å². The summed E-state index contributed by atoms with van der Waals surface area (Å²) in [7, 11) is 0. The average Bonchev–Trinajstić information content (AvgIpc) is 2.57. The standard InChI is InChI=1S/C16H24N2/c1-16(2,3)13-8-10-14(11-9-13)18-15-7-5-4-6-12-17-15/h8-11H,4-7,12H2,1-3H3,(H,17,18). The molecule has 2 heteroatoms. The van der Waals surface area contributed by atoms with Crippen molar-refractivity contribution in [2.24, 2.45) is 4.99 Å². The fourth-order valence-electron chi connectivity index (χ4n) is 2.20. The van der Waals surface area contributed by atoms with Crippen LogP contribution < -0.4 is 5.32 Å². The number of hydrogen-bond donors (Lipinski definition) is 1. The van der Waals surface area contributed by atoms with Crippen LogP contribution in [0.2, 0.25) is 0 Å². The number of rotatable bonds is 1. The Morgan fingerprint density at radius 2 is 1.72 bits per heavy atom. The highest BCUT2D eigenvalue weighted by Crippen LogP contribution is 2.23. The van der Waals surface area contributed by atoms with E-state index in [1.807, 2.05) is 0 Å². The van der Waals surface area contributed by atoms with Gasteiger partial charge in [-0.2, -0.15) is 0 Å². The minimum atomic E-state index is 0.221. The zero-order chi connectivity index (χ0) is 13.0. The molecule has 1 N–H and O–H groups in total. The van der Waals surface area contributed by atoms with Crippen LogP contribution in [0.3, 0.4) is 0 Å². The first kappa shape index (κ1) is 13.1. The summed E-state index contributed by atoms with van der Waals surface area (Å²) < 4.78 is 0. The molecule has 1 aromatic carbocycles. The molecule has 0 aliphatic carbocycles. The predicted octanol–water partition coefficient (Wildman–Crippen LogP) is 4.37. The van der Waals surface area contributed by atoms with E-state index in [-0.39, 0.29) is 5.41 Å². The summed E-state index contributed by atoms with van der Waals surface area (Å²) in [5.74, 6) is 1.15. The Labute approximate surface area is 111 Å². The summed E-state index contributed by atoms with van der Waals surface area (Å²) in [4.78, 5) is 4.60. The highest BCUT2D eigenvalue weighted by atomic mass is 15.0. The van der Waals surface area contributed by atoms with Crippen molar-refractivity contribution in [1.82, 2.24) is 0 Å². The van der Waals surface area contributed by atoms with Crippen molar-refractivity contribution in [2.75, 3.05) is 11.9 Å². The van der Waals surface area contributed by atoms with Gasteiger partial charge in [-0.15, -0.1) is 0 Å². The lowest BCUT2D eigenvalue weighted by Gasteiger charge is -2.19. The molecule has 0 radical (unpaired) electrons. The summed E-state index contributed by atoms with van der Waals surface area (Å²) in [6.07, 6.45) is 4.87. The van der Waals surface area contributed by atoms with Crippen molar-refractivity contribution in [3.63, 3.8) is 0 Å². The molecule has 0 saturated carbocycles. The molecule has 2 rings (SSSR count). The van der Waals surface area contributed by atoms with Gasteiger partial charge in [-0.25, -0.2) is 0 Å². The molecule has 0 atom stereocenters. The Morgan fingerprint density at radius 3 is 2.39 bits per heavy atom. The maximum Gasteiger partial charge on any atom is 0.101 e. The van der Waals surface area contributed by atoms with Gasteiger partial charge in [0.25, 0.3) is 0 Å². The van der Waals surface area contributed by atoms with Crippen LogP contribution in [0.1, 0.15) is 52.0 Å². The molecule has 0 aromatic heterocycles. The van der Waals surface area contributed by atoms with E-state index in [0.717, 1.165) is 24.5 Å². The fourth-order valence-corrected chi connectivity index (χ4v) is 2.20. The number of aliphatic imine (C=N–C) groups is 1. The smallest absolute Gasteiger partial charge is 0.101 e. The summed E-state index contributed by atoms with van der Waals surface area (Å²) in [6, 6.07) is 8.74. The molecule has 18 heavy (non-hydrogen) atoms. The van der Waals surface area contributed by atoms with E-state index >= 15 is 0 Å². The number of benzene rings is 1. The van der Waals surface area contributed by atoms with Crippen molar-refractivity contribution in [2.45, 2.75) is 51.9 Å². The molecule has 1 aromatic rings. The topological polar surface area (TPSA) is 24.4 Å². The monoisotopic (exact) mass is 244 g/mol. The van der Waals surface area contributed by atoms with E-state index in [4.69, 9.17) is 0 Å². The third kappa shape index (κ3) is 3.59. The largest absolute Gasteiger partial charge is 0.344 e. The number of amidine groups is 1. The molecule has 98 valence electrons. The van der Waals surface area contributed by atoms with Crippen LogP contribution in [0.4, 0.5) is 5.69 Å². The zero-order valence-electron chi connectivity index (χ0n) is 11.8. The van der Waals surface area contributed by atoms with Crippen LogP contribution in [-0.4, -0.2) is 12.4 Å². The van der Waals surface area contributed by atoms with E-state index in [0.29, 0.717) is 0 Å². The van der Waals surface area contributed by atoms with Gasteiger partial charge in [-0.3, -0.25) is 4.99 Å². The molecule has 0 saturated heterocycles. The van der Waals surface area contributed by atoms with Crippen molar-refractivity contribution in [3.8, 4) is 0 Å². The Balaban J connectivity index is 2.04. The van der Waals surface area contributed by atoms with Gasteiger partial charge in [0.15, 0.2) is 0 Å². The lowest BCUT2D eigenvalue weighted by molar-refractivity contribution is 0.590. The third-order valence-electron chi connectivity index (χ3n) is 3.41. The minimum Gasteiger partial charge on any atom is -0.344 e. The van der Waals surface area contributed by atoms with Gasteiger partial charge in [0.2, 0.25) is 0 Å². The number of nitrogens with zero attached hydrogens (tertiary/aromatic N) is 1. The van der Waals surface area contributed by atoms with Crippen LogP contribution in [0, 0.1) is 0 Å². The molecule has 2 nitrogen and oxygen atoms in total. The normalized spacial score (nSPS) is 16.9. The molecule has 1 aliphatic rings. The van der Waals surface area contributed by atoms with Crippen molar-refractivity contribution >= 4 is 11.5 Å². The molecule has 0 unspecified atom stereocenters. The quantitative estimate of drug-likeness (QED) is 0.779. The van der Waals surface area contributed by atoms with Gasteiger partial charge in [0.05, 0.1) is 0 Å². The van der Waals surface area contributed by atoms with Crippen LogP contribution in [0.15, 0.2) is 29.3 Å². The molecule has 0 spiro atoms. The Hall–Kier alpha value is -1.31. The third-order valence-corrected chi connectivity index (χ3v) is 3.41. The summed E-state index contributed by atoms with van der Waals surface area (Å²) in [6.45, 7) is 7.70. The predicted molar refractivity (Wildman–Crippen MR) is 79.5 cm³/mol. The minimum absolute atomic E-state index is 0.221. The number of anilines is 1. The summed E-state index contributed by atoms with van der Waals surface area (Å²) in [5, 5.41) is 3.45. The van der Waals surface area contributed by atoms with Crippen molar-refractivity contribution in [3.05, 3.63) is 29.8 Å². The molecule has 1 heterocycles. The Morgan fingerprint density at radius 1 is 1.00 bits per heavy atom. The van der Waals surface area contributed by atoms with Crippen LogP contribution in [-0.2, 0) is 5.41 Å². The zero-order valence-corrected chi connectivity index (χ0v) is 11.8. The fraction of sp³-hybridized carbons (Fsp3) is 0.562. The maximum absolute atomic E-state index is 4.60. The molecular formula is C16H24N2. The lowest BCUT2D eigenvalue weighted by atomic mass is 9.87. The van der Waals surface area contributed by atoms with Crippen molar-refractivity contribution in [1.29, 1.82) is 0 Å². The molecule has 0 fully saturated rings. The first-order chi connectivity index (χ1) is 8.55. The number of hydrogen-bond acceptors (Lipinski definition) is 2. The van der Waals surface area contributed by atoms with E-state index < -0.39 is 0 Å². The highest BCUT2D eigenvalue weighted by Gasteiger charge is 2.13. The van der Waals surface area contributed by atoms with E-state index in [9.17, 15) is 0 Å². The highest BCUT2D eigenvalue weighted by molar-refractivity contribution is 5.95. The van der Waals surface area contributed by atoms with Gasteiger partial charge in [-0.05, 0) is 36.0 Å². The van der Waals surface area contributed by atoms with E-state index in [2.05, 4.69) is 55.3 Å². The lowest BCUT2D eigenvalue weighted by Crippen LogP contribution is -2.13. The molecule has 0 amide bonds. The van der Waals surface area contributed by atoms with Gasteiger partial charge < -0.3 is 5.32 Å². The second-order valence-corrected chi connectivity index (χ2v) is 6.09. The van der Waals surface area contributed by atoms with E-state index in [1.165, 1.54) is 24.8 Å². The molecule has 1 aliphatic heterocycles. The van der Waals surface area contributed by atoms with Crippen LogP contribution in [0.5, 0.6) is 0 Å². The van der Waals surface area contributed by atoms with Gasteiger partial charge in [0, 0.05) is 18.7 Å². The SMILES string of the molecule is CC(C)(C)c1ccc(NC2=NCCCCC2)cc1. The first-order valence-electron chi connectivity index (χ1n) is 6.96. The Bertz CT molecular complexity index is 410. The average molecular weight is 244 g/mol. The summed E-state index contributed by atoms with van der Waals surface area (Å²) >= 11 is 0. The Kier molecular flexibility index (Phi) is 4.05. The van der Waals surface area contributed by atoms with Crippen molar-refractivity contribution < 1.29 is 0 Å². The molecule has 0 bridgehead atoms. The summed E-state index contributed by atoms with van der Waals surface area (Å²) in [5.41, 5.74) is 2.75. The maximum atomic E-state index is 4.60. The second kappa shape index (κ2) is 5.55. The van der Waals surface area contributed by atoms with Gasteiger partial charge in [0.1, 0.15) is 5.84 Å². The van der Waals surface area contributed by atoms with Gasteiger partial charge >= 0.3 is 0 Å². The van der Waals surface area contributed by atoms with Crippen LogP contribution in [0.25, 0.3) is 0 Å². The van der Waals surface area contributed by atoms with Crippen LogP contribution >= 0.6 is 0 Å². The first-order valence-corrected chi connectivity index (χ1v) is 6.96. The molecular weight excluding hydrogens is 220 g/mol. The second-order valence-electron chi connectivity index (χ2n) is 6.09. The number of nitrogens with one attached hydrogen (secondary N) is 1.